The Hall–Kier alpha value is -1.75. The number of ether oxygens (including phenoxy) is 1. The predicted octanol–water partition coefficient (Wildman–Crippen LogP) is -1.05. The molecule has 1 unspecified atom stereocenters. The van der Waals surface area contributed by atoms with Crippen molar-refractivity contribution in [3.05, 3.63) is 0 Å². The van der Waals surface area contributed by atoms with Crippen LogP contribution >= 0.6 is 11.8 Å². The Morgan fingerprint density at radius 2 is 2.12 bits per heavy atom. The van der Waals surface area contributed by atoms with Crippen LogP contribution in [-0.4, -0.2) is 54.9 Å². The van der Waals surface area contributed by atoms with Gasteiger partial charge >= 0.3 is 11.9 Å². The number of esters is 1. The summed E-state index contributed by atoms with van der Waals surface area (Å²) >= 11 is 1.30. The van der Waals surface area contributed by atoms with Crippen LogP contribution in [0.15, 0.2) is 0 Å². The predicted molar refractivity (Wildman–Crippen MR) is 60.7 cm³/mol. The van der Waals surface area contributed by atoms with Crippen LogP contribution in [0.4, 0.5) is 0 Å². The molecule has 0 aromatic carbocycles. The number of nitrogens with zero attached hydrogens (tertiary/aromatic N) is 2. The Kier molecular flexibility index (Phi) is 6.74. The number of carbonyl (C=O) groups is 3. The summed E-state index contributed by atoms with van der Waals surface area (Å²) in [6.07, 6.45) is 3.36. The lowest BCUT2D eigenvalue weighted by Gasteiger charge is -2.18. The van der Waals surface area contributed by atoms with Gasteiger partial charge in [0.1, 0.15) is 6.04 Å². The fourth-order valence-corrected chi connectivity index (χ4v) is 1.49. The summed E-state index contributed by atoms with van der Waals surface area (Å²) in [5.41, 5.74) is 0. The van der Waals surface area contributed by atoms with Gasteiger partial charge < -0.3 is 10.1 Å². The van der Waals surface area contributed by atoms with Crippen LogP contribution in [0.25, 0.3) is 0 Å². The van der Waals surface area contributed by atoms with Crippen molar-refractivity contribution in [1.82, 2.24) is 10.2 Å². The number of carbonyl (C=O) groups excluding carboxylic acids is 3. The maximum atomic E-state index is 11.6. The first kappa shape index (κ1) is 15.2. The average molecular weight is 259 g/mol. The van der Waals surface area contributed by atoms with Gasteiger partial charge in [0.15, 0.2) is 6.19 Å². The molecule has 8 heteroatoms. The molecule has 0 rings (SSSR count). The van der Waals surface area contributed by atoms with Crippen molar-refractivity contribution in [2.45, 2.75) is 6.04 Å². The minimum absolute atomic E-state index is 0.258. The summed E-state index contributed by atoms with van der Waals surface area (Å²) in [6.45, 7) is 0. The van der Waals surface area contributed by atoms with Crippen LogP contribution in [0.2, 0.25) is 0 Å². The normalized spacial score (nSPS) is 10.9. The van der Waals surface area contributed by atoms with Crippen LogP contribution < -0.4 is 5.32 Å². The molecule has 0 radical (unpaired) electrons. The Morgan fingerprint density at radius 3 is 2.53 bits per heavy atom. The Morgan fingerprint density at radius 1 is 1.53 bits per heavy atom. The zero-order chi connectivity index (χ0) is 13.4. The first-order valence-electron chi connectivity index (χ1n) is 4.53. The van der Waals surface area contributed by atoms with E-state index in [0.29, 0.717) is 0 Å². The molecule has 94 valence electrons. The van der Waals surface area contributed by atoms with E-state index in [-0.39, 0.29) is 5.75 Å². The van der Waals surface area contributed by atoms with Crippen molar-refractivity contribution in [2.75, 3.05) is 26.2 Å². The van der Waals surface area contributed by atoms with Crippen LogP contribution in [-0.2, 0) is 19.1 Å². The molecule has 0 saturated heterocycles. The van der Waals surface area contributed by atoms with E-state index in [1.165, 1.54) is 18.8 Å². The number of hydrogen-bond donors (Lipinski definition) is 1. The van der Waals surface area contributed by atoms with Crippen LogP contribution in [0.5, 0.6) is 0 Å². The van der Waals surface area contributed by atoms with E-state index in [4.69, 9.17) is 5.26 Å². The number of thioether (sulfide) groups is 1. The van der Waals surface area contributed by atoms with E-state index in [9.17, 15) is 14.4 Å². The maximum Gasteiger partial charge on any atom is 0.396 e. The van der Waals surface area contributed by atoms with Gasteiger partial charge in [-0.15, -0.1) is 0 Å². The molecule has 0 saturated carbocycles. The second-order valence-electron chi connectivity index (χ2n) is 2.97. The largest absolute Gasteiger partial charge is 0.462 e. The van der Waals surface area contributed by atoms with Crippen LogP contribution in [0.1, 0.15) is 0 Å². The second kappa shape index (κ2) is 7.51. The van der Waals surface area contributed by atoms with Gasteiger partial charge in [0, 0.05) is 12.8 Å². The van der Waals surface area contributed by atoms with E-state index in [1.807, 2.05) is 0 Å². The zero-order valence-electron chi connectivity index (χ0n) is 9.72. The van der Waals surface area contributed by atoms with Gasteiger partial charge in [0.05, 0.1) is 7.11 Å². The van der Waals surface area contributed by atoms with Crippen molar-refractivity contribution in [1.29, 1.82) is 5.26 Å². The maximum absolute atomic E-state index is 11.6. The molecule has 0 aliphatic heterocycles. The quantitative estimate of drug-likeness (QED) is 0.299. The highest BCUT2D eigenvalue weighted by molar-refractivity contribution is 7.98. The molecule has 0 aromatic heterocycles. The topological polar surface area (TPSA) is 99.5 Å². The highest BCUT2D eigenvalue weighted by atomic mass is 32.2. The van der Waals surface area contributed by atoms with Gasteiger partial charge in [-0.2, -0.15) is 17.0 Å². The third-order valence-corrected chi connectivity index (χ3v) is 2.45. The number of nitrogens with one attached hydrogen (secondary N) is 1. The van der Waals surface area contributed by atoms with Gasteiger partial charge in [-0.05, 0) is 6.26 Å². The molecular weight excluding hydrogens is 246 g/mol. The lowest BCUT2D eigenvalue weighted by atomic mass is 10.3. The molecule has 2 amide bonds. The van der Waals surface area contributed by atoms with Gasteiger partial charge in [-0.25, -0.2) is 4.79 Å². The molecular formula is C9H13N3O4S. The fraction of sp³-hybridized carbons (Fsp3) is 0.556. The first-order valence-corrected chi connectivity index (χ1v) is 5.92. The number of amides is 2. The van der Waals surface area contributed by atoms with Gasteiger partial charge in [-0.3, -0.25) is 14.5 Å². The molecule has 7 nitrogen and oxygen atoms in total. The number of hydrogen-bond acceptors (Lipinski definition) is 6. The molecule has 0 spiro atoms. The third kappa shape index (κ3) is 4.74. The van der Waals surface area contributed by atoms with Gasteiger partial charge in [-0.1, -0.05) is 0 Å². The Balaban J connectivity index is 4.65. The lowest BCUT2D eigenvalue weighted by Crippen LogP contribution is -2.49. The second-order valence-corrected chi connectivity index (χ2v) is 3.88. The lowest BCUT2D eigenvalue weighted by molar-refractivity contribution is -0.153. The number of nitriles is 1. The van der Waals surface area contributed by atoms with Crippen molar-refractivity contribution < 1.29 is 19.1 Å². The molecule has 1 N–H and O–H groups in total. The number of rotatable bonds is 4. The van der Waals surface area contributed by atoms with Crippen molar-refractivity contribution in [2.24, 2.45) is 0 Å². The van der Waals surface area contributed by atoms with E-state index < -0.39 is 23.8 Å². The van der Waals surface area contributed by atoms with E-state index >= 15 is 0 Å². The molecule has 0 aliphatic carbocycles. The average Bonchev–Trinajstić information content (AvgIpc) is 2.35. The van der Waals surface area contributed by atoms with E-state index in [2.05, 4.69) is 10.1 Å². The molecule has 17 heavy (non-hydrogen) atoms. The SMILES string of the molecule is COC(=O)C(=O)NC(CSC)C(=O)N(C)C#N. The third-order valence-electron chi connectivity index (χ3n) is 1.79. The minimum atomic E-state index is -1.08. The van der Waals surface area contributed by atoms with E-state index in [1.54, 1.807) is 12.4 Å². The summed E-state index contributed by atoms with van der Waals surface area (Å²) < 4.78 is 4.21. The molecule has 0 fully saturated rings. The number of methoxy groups -OCH3 is 1. The molecule has 0 aromatic rings. The van der Waals surface area contributed by atoms with Crippen LogP contribution in [0.3, 0.4) is 0 Å². The summed E-state index contributed by atoms with van der Waals surface area (Å²) in [5, 5.41) is 10.8. The Labute approximate surface area is 103 Å². The fourth-order valence-electron chi connectivity index (χ4n) is 0.934. The highest BCUT2D eigenvalue weighted by Crippen LogP contribution is 2.01. The zero-order valence-corrected chi connectivity index (χ0v) is 10.5. The van der Waals surface area contributed by atoms with Crippen molar-refractivity contribution in [3.63, 3.8) is 0 Å². The first-order chi connectivity index (χ1) is 7.97. The van der Waals surface area contributed by atoms with Gasteiger partial charge in [0.2, 0.25) is 0 Å². The minimum Gasteiger partial charge on any atom is -0.462 e. The van der Waals surface area contributed by atoms with Crippen molar-refractivity contribution >= 4 is 29.5 Å². The summed E-state index contributed by atoms with van der Waals surface area (Å²) in [4.78, 5) is 34.5. The van der Waals surface area contributed by atoms with E-state index in [0.717, 1.165) is 12.0 Å². The standard InChI is InChI=1S/C9H13N3O4S/c1-12(5-10)8(14)6(4-17-3)11-7(13)9(15)16-2/h6H,4H2,1-3H3,(H,11,13). The summed E-state index contributed by atoms with van der Waals surface area (Å²) in [6, 6.07) is -0.929. The molecule has 0 aliphatic rings. The van der Waals surface area contributed by atoms with Gasteiger partial charge in [0.25, 0.3) is 5.91 Å². The van der Waals surface area contributed by atoms with Crippen molar-refractivity contribution in [3.8, 4) is 6.19 Å². The van der Waals surface area contributed by atoms with Crippen LogP contribution in [0, 0.1) is 11.5 Å². The summed E-state index contributed by atoms with van der Waals surface area (Å²) in [7, 11) is 2.34. The monoisotopic (exact) mass is 259 g/mol. The molecule has 0 bridgehead atoms. The molecule has 0 heterocycles. The summed E-state index contributed by atoms with van der Waals surface area (Å²) in [5.74, 6) is -2.41. The number of likely N-dealkylation sites (N-methyl/N-ethyl adjacent to an activating group) is 1. The molecule has 1 atom stereocenters. The highest BCUT2D eigenvalue weighted by Gasteiger charge is 2.26. The smallest absolute Gasteiger partial charge is 0.396 e. The Bertz CT molecular complexity index is 353.